The highest BCUT2D eigenvalue weighted by Gasteiger charge is 2.34. The smallest absolute Gasteiger partial charge is 0.335 e. The zero-order valence-electron chi connectivity index (χ0n) is 14.0. The van der Waals surface area contributed by atoms with Crippen molar-refractivity contribution in [1.82, 2.24) is 0 Å². The van der Waals surface area contributed by atoms with Crippen LogP contribution in [0, 0.1) is 6.57 Å². The number of nitrogens with zero attached hydrogens (tertiary/aromatic N) is 4. The van der Waals surface area contributed by atoms with Crippen LogP contribution in [0.1, 0.15) is 15.2 Å². The molecule has 2 aromatic rings. The van der Waals surface area contributed by atoms with Crippen LogP contribution in [-0.4, -0.2) is 36.9 Å². The Kier molecular flexibility index (Phi) is 4.56. The molecule has 3 rings (SSSR count). The van der Waals surface area contributed by atoms with Crippen molar-refractivity contribution in [2.75, 3.05) is 24.0 Å². The van der Waals surface area contributed by atoms with Crippen molar-refractivity contribution < 1.29 is 14.7 Å². The Morgan fingerprint density at radius 3 is 2.50 bits per heavy atom. The van der Waals surface area contributed by atoms with E-state index in [0.29, 0.717) is 5.69 Å². The number of benzene rings is 1. The van der Waals surface area contributed by atoms with Crippen LogP contribution in [0.25, 0.3) is 10.9 Å². The fourth-order valence-electron chi connectivity index (χ4n) is 2.34. The van der Waals surface area contributed by atoms with Gasteiger partial charge in [0.25, 0.3) is 5.91 Å². The third-order valence-electron chi connectivity index (χ3n) is 3.66. The van der Waals surface area contributed by atoms with Crippen molar-refractivity contribution in [3.05, 3.63) is 63.8 Å². The molecule has 1 aliphatic heterocycles. The minimum absolute atomic E-state index is 0.0112. The topological polar surface area (TPSA) is 77.6 Å². The molecule has 2 heterocycles. The lowest BCUT2D eigenvalue weighted by Crippen LogP contribution is -2.21. The highest BCUT2D eigenvalue weighted by atomic mass is 32.1. The van der Waals surface area contributed by atoms with Crippen molar-refractivity contribution in [1.29, 1.82) is 0 Å². The van der Waals surface area contributed by atoms with Gasteiger partial charge in [0.05, 0.1) is 21.8 Å². The molecule has 1 aliphatic rings. The van der Waals surface area contributed by atoms with Gasteiger partial charge >= 0.3 is 11.8 Å². The van der Waals surface area contributed by atoms with E-state index < -0.39 is 11.9 Å². The molecule has 130 valence electrons. The summed E-state index contributed by atoms with van der Waals surface area (Å²) in [6.07, 6.45) is 1.66. The third-order valence-corrected chi connectivity index (χ3v) is 4.86. The lowest BCUT2D eigenvalue weighted by Gasteiger charge is -2.08. The molecule has 0 fully saturated rings. The number of thiophene rings is 1. The predicted octanol–water partition coefficient (Wildman–Crippen LogP) is 3.18. The summed E-state index contributed by atoms with van der Waals surface area (Å²) in [5.41, 5.74) is 0.736. The van der Waals surface area contributed by atoms with Crippen LogP contribution < -0.4 is 9.91 Å². The van der Waals surface area contributed by atoms with Crippen LogP contribution in [0.2, 0.25) is 0 Å². The predicted molar refractivity (Wildman–Crippen MR) is 102 cm³/mol. The molecule has 1 aromatic carbocycles. The van der Waals surface area contributed by atoms with Crippen molar-refractivity contribution in [2.24, 2.45) is 5.10 Å². The van der Waals surface area contributed by atoms with E-state index in [2.05, 4.69) is 9.95 Å². The van der Waals surface area contributed by atoms with Gasteiger partial charge in [0.1, 0.15) is 0 Å². The maximum atomic E-state index is 12.7. The Balaban J connectivity index is 1.93. The maximum absolute atomic E-state index is 12.7. The fourth-order valence-corrected chi connectivity index (χ4v) is 3.21. The number of carboxylic acid groups (broad SMARTS) is 1. The lowest BCUT2D eigenvalue weighted by molar-refractivity contribution is -0.114. The summed E-state index contributed by atoms with van der Waals surface area (Å²) in [5, 5.41) is 15.2. The number of amides is 1. The van der Waals surface area contributed by atoms with E-state index in [0.717, 1.165) is 14.9 Å². The van der Waals surface area contributed by atoms with E-state index in [9.17, 15) is 9.59 Å². The number of carbonyl (C=O) groups is 2. The first-order chi connectivity index (χ1) is 12.4. The van der Waals surface area contributed by atoms with Crippen molar-refractivity contribution in [3.8, 4) is 0 Å². The number of hydrogen-bond acceptors (Lipinski definition) is 5. The normalized spacial score (nSPS) is 15.1. The number of hydrazone groups is 1. The molecule has 0 aliphatic carbocycles. The van der Waals surface area contributed by atoms with Crippen LogP contribution in [0.15, 0.2) is 47.1 Å². The Bertz CT molecular complexity index is 981. The summed E-state index contributed by atoms with van der Waals surface area (Å²) < 4.78 is 0. The van der Waals surface area contributed by atoms with Gasteiger partial charge in [-0.2, -0.15) is 0 Å². The molecule has 1 aromatic heterocycles. The van der Waals surface area contributed by atoms with E-state index in [-0.39, 0.29) is 17.0 Å². The SMILES string of the molecule is [C-]#[N+]C1=NN(c2ccc(C(=O)O)cc2)C(=O)/C1=C/c1ccc(N(C)C)s1. The van der Waals surface area contributed by atoms with Crippen LogP contribution in [-0.2, 0) is 4.79 Å². The number of carbonyl (C=O) groups excluding carboxylic acids is 1. The van der Waals surface area contributed by atoms with E-state index >= 15 is 0 Å². The van der Waals surface area contributed by atoms with E-state index in [1.165, 1.54) is 35.6 Å². The number of carboxylic acids is 1. The zero-order chi connectivity index (χ0) is 18.8. The summed E-state index contributed by atoms with van der Waals surface area (Å²) in [6, 6.07) is 9.58. The average molecular weight is 366 g/mol. The van der Waals surface area contributed by atoms with Gasteiger partial charge < -0.3 is 14.9 Å². The second-order valence-electron chi connectivity index (χ2n) is 5.63. The number of amidine groups is 1. The average Bonchev–Trinajstić information content (AvgIpc) is 3.21. The summed E-state index contributed by atoms with van der Waals surface area (Å²) in [4.78, 5) is 29.8. The molecule has 7 nitrogen and oxygen atoms in total. The molecule has 1 amide bonds. The minimum atomic E-state index is -1.05. The largest absolute Gasteiger partial charge is 0.478 e. The molecular formula is C18H14N4O3S. The minimum Gasteiger partial charge on any atom is -0.478 e. The van der Waals surface area contributed by atoms with Gasteiger partial charge in [-0.3, -0.25) is 4.79 Å². The first-order valence-electron chi connectivity index (χ1n) is 7.54. The quantitative estimate of drug-likeness (QED) is 0.666. The van der Waals surface area contributed by atoms with Crippen LogP contribution in [0.4, 0.5) is 10.7 Å². The highest BCUT2D eigenvalue weighted by Crippen LogP contribution is 2.30. The standard InChI is InChI=1S/C18H14N4O3S/c1-19-16-14(10-13-8-9-15(26-13)21(2)3)17(23)22(20-16)12-6-4-11(5-7-12)18(24)25/h4-10H,2-3H3,(H,24,25)/b14-10+. The number of aromatic carboxylic acids is 1. The molecule has 0 bridgehead atoms. The molecule has 26 heavy (non-hydrogen) atoms. The fraction of sp³-hybridized carbons (Fsp3) is 0.111. The second-order valence-corrected chi connectivity index (χ2v) is 6.73. The first-order valence-corrected chi connectivity index (χ1v) is 8.35. The maximum Gasteiger partial charge on any atom is 0.335 e. The highest BCUT2D eigenvalue weighted by molar-refractivity contribution is 7.17. The van der Waals surface area contributed by atoms with Gasteiger partial charge in [-0.15, -0.1) is 16.3 Å². The Morgan fingerprint density at radius 2 is 1.96 bits per heavy atom. The Morgan fingerprint density at radius 1 is 1.27 bits per heavy atom. The van der Waals surface area contributed by atoms with Gasteiger partial charge in [0, 0.05) is 19.0 Å². The number of anilines is 2. The van der Waals surface area contributed by atoms with E-state index in [1.807, 2.05) is 31.1 Å². The lowest BCUT2D eigenvalue weighted by atomic mass is 10.2. The molecule has 0 unspecified atom stereocenters. The molecule has 0 saturated carbocycles. The molecule has 0 saturated heterocycles. The summed E-state index contributed by atoms with van der Waals surface area (Å²) in [7, 11) is 3.86. The van der Waals surface area contributed by atoms with Gasteiger partial charge in [0.2, 0.25) is 0 Å². The van der Waals surface area contributed by atoms with E-state index in [1.54, 1.807) is 6.08 Å². The molecule has 0 atom stereocenters. The van der Waals surface area contributed by atoms with Gasteiger partial charge in [-0.1, -0.05) is 6.57 Å². The van der Waals surface area contributed by atoms with Gasteiger partial charge in [-0.05, 0) is 47.6 Å². The molecule has 0 radical (unpaired) electrons. The van der Waals surface area contributed by atoms with Crippen LogP contribution in [0.5, 0.6) is 0 Å². The zero-order valence-corrected chi connectivity index (χ0v) is 14.8. The molecule has 0 spiro atoms. The Labute approximate surface area is 153 Å². The summed E-state index contributed by atoms with van der Waals surface area (Å²) in [5.74, 6) is -1.46. The monoisotopic (exact) mass is 366 g/mol. The van der Waals surface area contributed by atoms with Crippen LogP contribution >= 0.6 is 11.3 Å². The van der Waals surface area contributed by atoms with Crippen LogP contribution in [0.3, 0.4) is 0 Å². The molecule has 1 N–H and O–H groups in total. The summed E-state index contributed by atoms with van der Waals surface area (Å²) >= 11 is 1.50. The van der Waals surface area contributed by atoms with Crippen molar-refractivity contribution in [3.63, 3.8) is 0 Å². The number of hydrogen-bond donors (Lipinski definition) is 1. The Hall–Kier alpha value is -3.44. The number of rotatable bonds is 4. The second kappa shape index (κ2) is 6.82. The van der Waals surface area contributed by atoms with Gasteiger partial charge in [0.15, 0.2) is 0 Å². The summed E-state index contributed by atoms with van der Waals surface area (Å²) in [6.45, 7) is 7.29. The van der Waals surface area contributed by atoms with Gasteiger partial charge in [-0.25, -0.2) is 4.79 Å². The first kappa shape index (κ1) is 17.4. The van der Waals surface area contributed by atoms with Crippen molar-refractivity contribution in [2.45, 2.75) is 0 Å². The van der Waals surface area contributed by atoms with E-state index in [4.69, 9.17) is 11.7 Å². The molecular weight excluding hydrogens is 352 g/mol. The van der Waals surface area contributed by atoms with Crippen molar-refractivity contribution >= 4 is 45.8 Å². The third kappa shape index (κ3) is 3.20. The molecule has 8 heteroatoms.